The lowest BCUT2D eigenvalue weighted by atomic mass is 10.1. The molecule has 2 aliphatic rings. The van der Waals surface area contributed by atoms with Gasteiger partial charge in [-0.05, 0) is 17.7 Å². The van der Waals surface area contributed by atoms with Crippen LogP contribution in [0, 0.1) is 5.92 Å². The van der Waals surface area contributed by atoms with Gasteiger partial charge in [-0.1, -0.05) is 12.1 Å². The molecule has 1 aromatic rings. The number of carboxylic acids is 2. The fourth-order valence-corrected chi connectivity index (χ4v) is 3.61. The molecule has 2 fully saturated rings. The summed E-state index contributed by atoms with van der Waals surface area (Å²) in [7, 11) is 0. The Balaban J connectivity index is 1.63. The standard InChI is InChI=1S/C18H24N2O6/c21-17(22)9-19-5-14-7-20(15(8-19)11-25-10-14)6-13-1-3-16(4-2-13)26-12-18(23)24/h1-4,14-15H,5-12H2,(H,21,22)(H,23,24)/t14-,15-/m0/s1. The minimum Gasteiger partial charge on any atom is -0.482 e. The second-order valence-electron chi connectivity index (χ2n) is 6.90. The fraction of sp³-hybridized carbons (Fsp3) is 0.556. The highest BCUT2D eigenvalue weighted by Crippen LogP contribution is 2.22. The van der Waals surface area contributed by atoms with Gasteiger partial charge in [-0.2, -0.15) is 0 Å². The molecule has 2 saturated heterocycles. The lowest BCUT2D eigenvalue weighted by molar-refractivity contribution is -0.140. The fourth-order valence-electron chi connectivity index (χ4n) is 3.61. The molecule has 2 bridgehead atoms. The molecular formula is C18H24N2O6. The number of nitrogens with zero attached hydrogens (tertiary/aromatic N) is 2. The number of carbonyl (C=O) groups is 2. The number of rotatable bonds is 7. The first-order valence-electron chi connectivity index (χ1n) is 8.69. The number of carboxylic acid groups (broad SMARTS) is 2. The van der Waals surface area contributed by atoms with E-state index in [1.54, 1.807) is 12.1 Å². The average Bonchev–Trinajstić information content (AvgIpc) is 2.83. The lowest BCUT2D eigenvalue weighted by Gasteiger charge is -2.30. The van der Waals surface area contributed by atoms with Gasteiger partial charge < -0.3 is 19.7 Å². The summed E-state index contributed by atoms with van der Waals surface area (Å²) in [6.07, 6.45) is 0. The highest BCUT2D eigenvalue weighted by molar-refractivity contribution is 5.69. The smallest absolute Gasteiger partial charge is 0.341 e. The monoisotopic (exact) mass is 364 g/mol. The van der Waals surface area contributed by atoms with Gasteiger partial charge in [0.05, 0.1) is 19.8 Å². The van der Waals surface area contributed by atoms with E-state index in [-0.39, 0.29) is 19.2 Å². The molecule has 2 aliphatic heterocycles. The maximum atomic E-state index is 11.1. The zero-order valence-electron chi connectivity index (χ0n) is 14.5. The molecule has 2 N–H and O–H groups in total. The Kier molecular flexibility index (Phi) is 6.08. The van der Waals surface area contributed by atoms with Crippen molar-refractivity contribution in [2.45, 2.75) is 12.6 Å². The Bertz CT molecular complexity index is 635. The Labute approximate surface area is 151 Å². The van der Waals surface area contributed by atoms with Crippen LogP contribution in [0.4, 0.5) is 0 Å². The summed E-state index contributed by atoms with van der Waals surface area (Å²) < 4.78 is 10.9. The molecule has 0 unspecified atom stereocenters. The molecule has 2 heterocycles. The third-order valence-corrected chi connectivity index (χ3v) is 4.69. The van der Waals surface area contributed by atoms with Crippen LogP contribution >= 0.6 is 0 Å². The Morgan fingerprint density at radius 3 is 2.54 bits per heavy atom. The molecule has 3 rings (SSSR count). The number of aliphatic carboxylic acids is 2. The Morgan fingerprint density at radius 2 is 1.85 bits per heavy atom. The minimum absolute atomic E-state index is 0.0659. The van der Waals surface area contributed by atoms with Crippen LogP contribution in [0.2, 0.25) is 0 Å². The Hall–Kier alpha value is -2.16. The molecule has 0 aliphatic carbocycles. The van der Waals surface area contributed by atoms with Crippen LogP contribution in [-0.4, -0.2) is 84.0 Å². The van der Waals surface area contributed by atoms with Gasteiger partial charge in [-0.25, -0.2) is 4.79 Å². The van der Waals surface area contributed by atoms with Crippen LogP contribution in [0.3, 0.4) is 0 Å². The van der Waals surface area contributed by atoms with Crippen LogP contribution in [0.1, 0.15) is 5.56 Å². The largest absolute Gasteiger partial charge is 0.482 e. The van der Waals surface area contributed by atoms with Crippen molar-refractivity contribution in [3.63, 3.8) is 0 Å². The zero-order valence-corrected chi connectivity index (χ0v) is 14.5. The molecule has 0 radical (unpaired) electrons. The zero-order chi connectivity index (χ0) is 18.5. The number of hydrogen-bond donors (Lipinski definition) is 2. The van der Waals surface area contributed by atoms with E-state index < -0.39 is 11.9 Å². The van der Waals surface area contributed by atoms with Gasteiger partial charge in [0.2, 0.25) is 0 Å². The first kappa shape index (κ1) is 18.6. The van der Waals surface area contributed by atoms with Gasteiger partial charge in [0.15, 0.2) is 6.61 Å². The van der Waals surface area contributed by atoms with Gasteiger partial charge in [0.1, 0.15) is 5.75 Å². The topological polar surface area (TPSA) is 99.5 Å². The van der Waals surface area contributed by atoms with Crippen LogP contribution < -0.4 is 4.74 Å². The summed E-state index contributed by atoms with van der Waals surface area (Å²) in [5, 5.41) is 17.7. The molecule has 8 nitrogen and oxygen atoms in total. The van der Waals surface area contributed by atoms with Gasteiger partial charge in [0.25, 0.3) is 0 Å². The van der Waals surface area contributed by atoms with E-state index in [1.165, 1.54) is 0 Å². The normalized spacial score (nSPS) is 24.0. The SMILES string of the molecule is O=C(O)COc1ccc(CN2C[C@H]3COC[C@@H]2CN(CC(=O)O)C3)cc1. The quantitative estimate of drug-likeness (QED) is 0.716. The van der Waals surface area contributed by atoms with Gasteiger partial charge in [-0.15, -0.1) is 0 Å². The molecule has 1 aromatic carbocycles. The molecule has 8 heteroatoms. The lowest BCUT2D eigenvalue weighted by Crippen LogP contribution is -2.44. The predicted molar refractivity (Wildman–Crippen MR) is 92.2 cm³/mol. The van der Waals surface area contributed by atoms with E-state index in [9.17, 15) is 9.59 Å². The van der Waals surface area contributed by atoms with E-state index in [2.05, 4.69) is 4.90 Å². The highest BCUT2D eigenvalue weighted by Gasteiger charge is 2.33. The molecule has 0 saturated carbocycles. The summed E-state index contributed by atoms with van der Waals surface area (Å²) in [4.78, 5) is 26.0. The van der Waals surface area contributed by atoms with Crippen LogP contribution in [0.25, 0.3) is 0 Å². The summed E-state index contributed by atoms with van der Waals surface area (Å²) in [5.74, 6) is -0.979. The van der Waals surface area contributed by atoms with Crippen molar-refractivity contribution < 1.29 is 29.3 Å². The highest BCUT2D eigenvalue weighted by atomic mass is 16.5. The van der Waals surface area contributed by atoms with E-state index in [4.69, 9.17) is 19.7 Å². The molecule has 0 amide bonds. The summed E-state index contributed by atoms with van der Waals surface area (Å²) in [6.45, 7) is 4.01. The minimum atomic E-state index is -1.00. The maximum Gasteiger partial charge on any atom is 0.341 e. The summed E-state index contributed by atoms with van der Waals surface area (Å²) in [6, 6.07) is 7.57. The van der Waals surface area contributed by atoms with Crippen molar-refractivity contribution in [2.24, 2.45) is 5.92 Å². The molecule has 0 spiro atoms. The van der Waals surface area contributed by atoms with E-state index in [1.807, 2.05) is 17.0 Å². The van der Waals surface area contributed by atoms with Crippen molar-refractivity contribution >= 4 is 11.9 Å². The predicted octanol–water partition coefficient (Wildman–Crippen LogP) is 0.367. The van der Waals surface area contributed by atoms with Crippen molar-refractivity contribution in [2.75, 3.05) is 46.0 Å². The van der Waals surface area contributed by atoms with E-state index in [0.717, 1.165) is 25.2 Å². The summed E-state index contributed by atoms with van der Waals surface area (Å²) >= 11 is 0. The number of fused-ring (bicyclic) bond motifs is 3. The third-order valence-electron chi connectivity index (χ3n) is 4.69. The Morgan fingerprint density at radius 1 is 1.08 bits per heavy atom. The second kappa shape index (κ2) is 8.48. The van der Waals surface area contributed by atoms with E-state index in [0.29, 0.717) is 31.4 Å². The average molecular weight is 364 g/mol. The molecule has 142 valence electrons. The van der Waals surface area contributed by atoms with Crippen molar-refractivity contribution in [1.29, 1.82) is 0 Å². The van der Waals surface area contributed by atoms with Crippen LogP contribution in [-0.2, 0) is 20.9 Å². The van der Waals surface area contributed by atoms with E-state index >= 15 is 0 Å². The number of ether oxygens (including phenoxy) is 2. The summed E-state index contributed by atoms with van der Waals surface area (Å²) in [5.41, 5.74) is 1.10. The molecular weight excluding hydrogens is 340 g/mol. The number of hydrogen-bond acceptors (Lipinski definition) is 6. The van der Waals surface area contributed by atoms with Gasteiger partial charge in [-0.3, -0.25) is 14.6 Å². The van der Waals surface area contributed by atoms with Crippen LogP contribution in [0.15, 0.2) is 24.3 Å². The maximum absolute atomic E-state index is 11.1. The molecule has 2 atom stereocenters. The first-order chi connectivity index (χ1) is 12.5. The second-order valence-corrected chi connectivity index (χ2v) is 6.90. The molecule has 26 heavy (non-hydrogen) atoms. The van der Waals surface area contributed by atoms with Crippen molar-refractivity contribution in [3.8, 4) is 5.75 Å². The van der Waals surface area contributed by atoms with Gasteiger partial charge >= 0.3 is 11.9 Å². The van der Waals surface area contributed by atoms with Crippen molar-refractivity contribution in [1.82, 2.24) is 9.80 Å². The van der Waals surface area contributed by atoms with Gasteiger partial charge in [0, 0.05) is 38.1 Å². The third kappa shape index (κ3) is 5.17. The van der Waals surface area contributed by atoms with Crippen molar-refractivity contribution in [3.05, 3.63) is 29.8 Å². The molecule has 0 aromatic heterocycles. The van der Waals surface area contributed by atoms with Crippen LogP contribution in [0.5, 0.6) is 5.75 Å². The first-order valence-corrected chi connectivity index (χ1v) is 8.69. The number of benzene rings is 1.